The number of rotatable bonds is 7. The third kappa shape index (κ3) is 6.73. The lowest BCUT2D eigenvalue weighted by atomic mass is 9.63. The minimum Gasteiger partial charge on any atom is -0.310 e. The van der Waals surface area contributed by atoms with Crippen molar-refractivity contribution >= 4 is 5.69 Å². The molecule has 5 aromatic carbocycles. The standard InChI is InChI=1S/C49H45N.C3H8/c1-8-18-42-46(19-9-2)50(35(4)27-26-34(3)48(5,6)7)47-25-17-16-24-43(47)49(42)44-32-38(36-20-12-10-13-21-36)28-30-40(44)41-31-29-39(33-45(41)49)37-22-14-11-15-23-37;1-3-2/h8-33H,3-4H2,1-2,5-7H3;3H2,1-2H3/b18-8+,19-9-,27-26-;. The second kappa shape index (κ2) is 15.5. The molecule has 0 N–H and O–H groups in total. The Balaban J connectivity index is 0.00000155. The molecule has 1 heterocycles. The highest BCUT2D eigenvalue weighted by Crippen LogP contribution is 2.62. The van der Waals surface area contributed by atoms with Gasteiger partial charge in [-0.1, -0.05) is 182 Å². The first-order valence-corrected chi connectivity index (χ1v) is 19.0. The van der Waals surface area contributed by atoms with Crippen LogP contribution in [0.4, 0.5) is 5.69 Å². The van der Waals surface area contributed by atoms with Crippen molar-refractivity contribution in [3.63, 3.8) is 0 Å². The number of nitrogens with zero attached hydrogens (tertiary/aromatic N) is 1. The number of benzene rings is 5. The van der Waals surface area contributed by atoms with Crippen molar-refractivity contribution < 1.29 is 0 Å². The molecule has 0 bridgehead atoms. The SMILES string of the molecule is C=C(/C=C\C(=C)C(C)(C)C)N1C(/C=C\C)=C(\C=C\C)C2(c3cc(-c4ccccc4)ccc3-c3ccc(-c4ccccc4)cc32)c2ccccc21.CCC. The zero-order valence-electron chi connectivity index (χ0n) is 32.6. The molecule has 0 saturated carbocycles. The van der Waals surface area contributed by atoms with Crippen LogP contribution in [0.15, 0.2) is 193 Å². The van der Waals surface area contributed by atoms with Gasteiger partial charge in [0.2, 0.25) is 0 Å². The first-order valence-electron chi connectivity index (χ1n) is 19.0. The smallest absolute Gasteiger partial charge is 0.0754 e. The molecule has 2 aliphatic rings. The molecule has 0 atom stereocenters. The highest BCUT2D eigenvalue weighted by atomic mass is 15.2. The number of hydrogen-bond donors (Lipinski definition) is 0. The molecule has 0 saturated heterocycles. The second-order valence-electron chi connectivity index (χ2n) is 15.0. The summed E-state index contributed by atoms with van der Waals surface area (Å²) in [5.74, 6) is 0. The van der Waals surface area contributed by atoms with Gasteiger partial charge in [0.25, 0.3) is 0 Å². The Labute approximate surface area is 318 Å². The van der Waals surface area contributed by atoms with E-state index in [4.69, 9.17) is 0 Å². The lowest BCUT2D eigenvalue weighted by Gasteiger charge is -2.45. The Hall–Kier alpha value is -5.66. The molecule has 53 heavy (non-hydrogen) atoms. The van der Waals surface area contributed by atoms with E-state index in [1.807, 2.05) is 0 Å². The van der Waals surface area contributed by atoms with E-state index in [9.17, 15) is 0 Å². The fourth-order valence-electron chi connectivity index (χ4n) is 7.63. The molecule has 1 nitrogen and oxygen atoms in total. The van der Waals surface area contributed by atoms with Gasteiger partial charge in [-0.25, -0.2) is 0 Å². The van der Waals surface area contributed by atoms with Gasteiger partial charge in [0.15, 0.2) is 0 Å². The van der Waals surface area contributed by atoms with E-state index in [0.29, 0.717) is 0 Å². The molecule has 1 heteroatoms. The molecule has 0 aromatic heterocycles. The molecule has 0 amide bonds. The molecule has 1 aliphatic carbocycles. The van der Waals surface area contributed by atoms with Crippen molar-refractivity contribution in [3.05, 3.63) is 210 Å². The Bertz CT molecular complexity index is 2160. The summed E-state index contributed by atoms with van der Waals surface area (Å²) in [4.78, 5) is 2.34. The first-order chi connectivity index (χ1) is 25.6. The van der Waals surface area contributed by atoms with Crippen LogP contribution in [-0.2, 0) is 5.41 Å². The largest absolute Gasteiger partial charge is 0.310 e. The maximum absolute atomic E-state index is 4.68. The van der Waals surface area contributed by atoms with E-state index in [1.165, 1.54) is 62.1 Å². The number of allylic oxidation sites excluding steroid dienone is 8. The van der Waals surface area contributed by atoms with Crippen LogP contribution in [0.2, 0.25) is 0 Å². The number of hydrogen-bond acceptors (Lipinski definition) is 1. The predicted octanol–water partition coefficient (Wildman–Crippen LogP) is 14.7. The molecular weight excluding hydrogens is 639 g/mol. The van der Waals surface area contributed by atoms with Crippen molar-refractivity contribution in [1.29, 1.82) is 0 Å². The van der Waals surface area contributed by atoms with Gasteiger partial charge in [-0.05, 0) is 111 Å². The van der Waals surface area contributed by atoms with E-state index in [1.54, 1.807) is 0 Å². The minimum atomic E-state index is -0.590. The summed E-state index contributed by atoms with van der Waals surface area (Å²) in [6.45, 7) is 24.1. The average Bonchev–Trinajstić information content (AvgIpc) is 3.45. The van der Waals surface area contributed by atoms with Crippen LogP contribution in [-0.4, -0.2) is 0 Å². The Morgan fingerprint density at radius 2 is 1.09 bits per heavy atom. The van der Waals surface area contributed by atoms with Crippen LogP contribution < -0.4 is 4.90 Å². The van der Waals surface area contributed by atoms with Crippen LogP contribution >= 0.6 is 0 Å². The average molecular weight is 692 g/mol. The van der Waals surface area contributed by atoms with E-state index in [-0.39, 0.29) is 5.41 Å². The summed E-state index contributed by atoms with van der Waals surface area (Å²) in [7, 11) is 0. The highest BCUT2D eigenvalue weighted by Gasteiger charge is 2.52. The molecule has 0 fully saturated rings. The zero-order chi connectivity index (χ0) is 37.8. The van der Waals surface area contributed by atoms with Gasteiger partial charge < -0.3 is 4.90 Å². The third-order valence-electron chi connectivity index (χ3n) is 10.2. The molecule has 5 aromatic rings. The Kier molecular flexibility index (Phi) is 10.9. The molecule has 1 aliphatic heterocycles. The van der Waals surface area contributed by atoms with Crippen molar-refractivity contribution in [2.24, 2.45) is 5.41 Å². The van der Waals surface area contributed by atoms with Crippen LogP contribution in [0.25, 0.3) is 33.4 Å². The highest BCUT2D eigenvalue weighted by molar-refractivity contribution is 5.94. The summed E-state index contributed by atoms with van der Waals surface area (Å²) in [6, 6.07) is 44.5. The molecule has 266 valence electrons. The summed E-state index contributed by atoms with van der Waals surface area (Å²) < 4.78 is 0. The second-order valence-corrected chi connectivity index (χ2v) is 15.0. The maximum Gasteiger partial charge on any atom is 0.0754 e. The zero-order valence-corrected chi connectivity index (χ0v) is 32.6. The lowest BCUT2D eigenvalue weighted by molar-refractivity contribution is 0.519. The van der Waals surface area contributed by atoms with Gasteiger partial charge >= 0.3 is 0 Å². The fourth-order valence-corrected chi connectivity index (χ4v) is 7.63. The maximum atomic E-state index is 4.68. The third-order valence-corrected chi connectivity index (χ3v) is 10.2. The van der Waals surface area contributed by atoms with Crippen LogP contribution in [0, 0.1) is 5.41 Å². The van der Waals surface area contributed by atoms with Crippen molar-refractivity contribution in [1.82, 2.24) is 0 Å². The van der Waals surface area contributed by atoms with Gasteiger partial charge in [-0.3, -0.25) is 0 Å². The number of para-hydroxylation sites is 1. The molecule has 0 radical (unpaired) electrons. The normalized spacial score (nSPS) is 14.4. The van der Waals surface area contributed by atoms with E-state index in [2.05, 4.69) is 224 Å². The first kappa shape index (κ1) is 37.1. The van der Waals surface area contributed by atoms with Gasteiger partial charge in [0.1, 0.15) is 0 Å². The van der Waals surface area contributed by atoms with E-state index >= 15 is 0 Å². The summed E-state index contributed by atoms with van der Waals surface area (Å²) in [5.41, 5.74) is 16.0. The van der Waals surface area contributed by atoms with Gasteiger partial charge in [0, 0.05) is 5.70 Å². The lowest BCUT2D eigenvalue weighted by Crippen LogP contribution is -2.39. The van der Waals surface area contributed by atoms with E-state index < -0.39 is 5.41 Å². The van der Waals surface area contributed by atoms with Crippen LogP contribution in [0.5, 0.6) is 0 Å². The summed E-state index contributed by atoms with van der Waals surface area (Å²) in [5, 5.41) is 0. The fraction of sp³-hybridized carbons (Fsp3) is 0.192. The number of anilines is 1. The molecule has 0 unspecified atom stereocenters. The van der Waals surface area contributed by atoms with Crippen LogP contribution in [0.3, 0.4) is 0 Å². The molecule has 7 rings (SSSR count). The predicted molar refractivity (Wildman–Crippen MR) is 231 cm³/mol. The topological polar surface area (TPSA) is 3.24 Å². The molecule has 1 spiro atoms. The van der Waals surface area contributed by atoms with Crippen molar-refractivity contribution in [2.75, 3.05) is 4.90 Å². The molecular formula is C52H53N. The summed E-state index contributed by atoms with van der Waals surface area (Å²) in [6.07, 6.45) is 14.4. The Morgan fingerprint density at radius 3 is 1.58 bits per heavy atom. The van der Waals surface area contributed by atoms with Crippen molar-refractivity contribution in [3.8, 4) is 33.4 Å². The minimum absolute atomic E-state index is 0.0388. The van der Waals surface area contributed by atoms with Gasteiger partial charge in [-0.2, -0.15) is 0 Å². The van der Waals surface area contributed by atoms with Crippen LogP contribution in [0.1, 0.15) is 71.6 Å². The van der Waals surface area contributed by atoms with Crippen molar-refractivity contribution in [2.45, 2.75) is 60.3 Å². The quantitative estimate of drug-likeness (QED) is 0.154. The monoisotopic (exact) mass is 691 g/mol. The van der Waals surface area contributed by atoms with Gasteiger partial charge in [0.05, 0.1) is 16.8 Å². The summed E-state index contributed by atoms with van der Waals surface area (Å²) >= 11 is 0. The van der Waals surface area contributed by atoms with Gasteiger partial charge in [-0.15, -0.1) is 0 Å². The number of fused-ring (bicyclic) bond motifs is 7. The van der Waals surface area contributed by atoms with E-state index in [0.717, 1.165) is 22.7 Å². The Morgan fingerprint density at radius 1 is 0.604 bits per heavy atom.